The molecule has 0 aliphatic heterocycles. The predicted molar refractivity (Wildman–Crippen MR) is 76.0 cm³/mol. The summed E-state index contributed by atoms with van der Waals surface area (Å²) in [6.45, 7) is 2.03. The van der Waals surface area contributed by atoms with E-state index in [1.807, 2.05) is 43.3 Å². The fourth-order valence-electron chi connectivity index (χ4n) is 2.51. The number of rotatable bonds is 1. The number of aryl methyl sites for hydroxylation is 1. The molecule has 0 saturated heterocycles. The van der Waals surface area contributed by atoms with Gasteiger partial charge in [-0.05, 0) is 39.5 Å². The third-order valence-corrected chi connectivity index (χ3v) is 3.43. The molecule has 0 spiro atoms. The quantitative estimate of drug-likeness (QED) is 0.501. The van der Waals surface area contributed by atoms with Gasteiger partial charge >= 0.3 is 7.12 Å². The van der Waals surface area contributed by atoms with E-state index in [1.54, 1.807) is 6.07 Å². The van der Waals surface area contributed by atoms with Crippen LogP contribution in [0.4, 0.5) is 0 Å². The monoisotopic (exact) mass is 236 g/mol. The summed E-state index contributed by atoms with van der Waals surface area (Å²) >= 11 is 0. The Bertz CT molecular complexity index is 735. The van der Waals surface area contributed by atoms with Gasteiger partial charge in [-0.1, -0.05) is 48.5 Å². The van der Waals surface area contributed by atoms with E-state index in [0.717, 1.165) is 27.1 Å². The van der Waals surface area contributed by atoms with Crippen LogP contribution in [0.15, 0.2) is 48.5 Å². The molecule has 0 fully saturated rings. The number of hydrogen-bond donors (Lipinski definition) is 2. The van der Waals surface area contributed by atoms with E-state index in [0.29, 0.717) is 5.46 Å². The zero-order valence-corrected chi connectivity index (χ0v) is 10.1. The lowest BCUT2D eigenvalue weighted by Gasteiger charge is -2.11. The molecule has 3 rings (SSSR count). The van der Waals surface area contributed by atoms with Gasteiger partial charge in [0.05, 0.1) is 0 Å². The lowest BCUT2D eigenvalue weighted by atomic mass is 9.75. The predicted octanol–water partition coefficient (Wildman–Crippen LogP) is 1.98. The Labute approximate surface area is 106 Å². The Balaban J connectivity index is 2.58. The van der Waals surface area contributed by atoms with Crippen LogP contribution in [0.3, 0.4) is 0 Å². The average molecular weight is 236 g/mol. The highest BCUT2D eigenvalue weighted by molar-refractivity contribution is 6.63. The summed E-state index contributed by atoms with van der Waals surface area (Å²) < 4.78 is 0. The Kier molecular flexibility index (Phi) is 2.58. The van der Waals surface area contributed by atoms with Crippen LogP contribution in [0.25, 0.3) is 21.5 Å². The van der Waals surface area contributed by atoms with Crippen molar-refractivity contribution >= 4 is 34.1 Å². The molecule has 0 saturated carbocycles. The van der Waals surface area contributed by atoms with Crippen molar-refractivity contribution in [3.8, 4) is 0 Å². The first-order valence-electron chi connectivity index (χ1n) is 5.95. The molecule has 0 heterocycles. The van der Waals surface area contributed by atoms with Gasteiger partial charge in [-0.25, -0.2) is 0 Å². The molecule has 3 aromatic rings. The second kappa shape index (κ2) is 4.12. The van der Waals surface area contributed by atoms with Crippen LogP contribution < -0.4 is 5.46 Å². The van der Waals surface area contributed by atoms with Crippen LogP contribution in [0.1, 0.15) is 5.56 Å². The lowest BCUT2D eigenvalue weighted by molar-refractivity contribution is 0.426. The van der Waals surface area contributed by atoms with E-state index in [1.165, 1.54) is 0 Å². The highest BCUT2D eigenvalue weighted by Gasteiger charge is 2.17. The fourth-order valence-corrected chi connectivity index (χ4v) is 2.51. The summed E-state index contributed by atoms with van der Waals surface area (Å²) in [5.41, 5.74) is 1.70. The molecule has 0 amide bonds. The molecule has 3 aromatic carbocycles. The summed E-state index contributed by atoms with van der Waals surface area (Å²) in [7, 11) is -1.45. The van der Waals surface area contributed by atoms with Gasteiger partial charge < -0.3 is 10.0 Å². The van der Waals surface area contributed by atoms with Crippen molar-refractivity contribution < 1.29 is 10.0 Å². The first-order valence-corrected chi connectivity index (χ1v) is 5.95. The number of benzene rings is 3. The van der Waals surface area contributed by atoms with Crippen LogP contribution >= 0.6 is 0 Å². The maximum atomic E-state index is 9.53. The molecule has 0 aliphatic carbocycles. The summed E-state index contributed by atoms with van der Waals surface area (Å²) in [5.74, 6) is 0. The summed E-state index contributed by atoms with van der Waals surface area (Å²) in [5, 5.41) is 23.2. The third-order valence-electron chi connectivity index (χ3n) is 3.43. The molecule has 88 valence electrons. The highest BCUT2D eigenvalue weighted by Crippen LogP contribution is 2.26. The topological polar surface area (TPSA) is 40.5 Å². The zero-order valence-electron chi connectivity index (χ0n) is 10.1. The molecule has 0 aliphatic rings. The van der Waals surface area contributed by atoms with E-state index in [4.69, 9.17) is 0 Å². The normalized spacial score (nSPS) is 11.1. The van der Waals surface area contributed by atoms with Crippen molar-refractivity contribution in [3.05, 3.63) is 54.1 Å². The molecule has 0 unspecified atom stereocenters. The zero-order chi connectivity index (χ0) is 12.7. The summed E-state index contributed by atoms with van der Waals surface area (Å²) in [6, 6.07) is 15.8. The summed E-state index contributed by atoms with van der Waals surface area (Å²) in [6.07, 6.45) is 0. The molecule has 2 nitrogen and oxygen atoms in total. The Morgan fingerprint density at radius 1 is 0.833 bits per heavy atom. The van der Waals surface area contributed by atoms with Crippen molar-refractivity contribution in [3.63, 3.8) is 0 Å². The Morgan fingerprint density at radius 2 is 1.61 bits per heavy atom. The van der Waals surface area contributed by atoms with Gasteiger partial charge in [0, 0.05) is 0 Å². The molecule has 0 bridgehead atoms. The van der Waals surface area contributed by atoms with E-state index >= 15 is 0 Å². The number of hydrogen-bond acceptors (Lipinski definition) is 2. The van der Waals surface area contributed by atoms with Gasteiger partial charge in [-0.15, -0.1) is 0 Å². The molecule has 0 radical (unpaired) electrons. The second-order valence-corrected chi connectivity index (χ2v) is 4.55. The van der Waals surface area contributed by atoms with E-state index in [-0.39, 0.29) is 0 Å². The molecular formula is C15H13BO2. The van der Waals surface area contributed by atoms with Gasteiger partial charge in [-0.3, -0.25) is 0 Å². The van der Waals surface area contributed by atoms with Crippen LogP contribution in [0.2, 0.25) is 0 Å². The van der Waals surface area contributed by atoms with Gasteiger partial charge in [-0.2, -0.15) is 0 Å². The molecule has 18 heavy (non-hydrogen) atoms. The first-order chi connectivity index (χ1) is 8.68. The van der Waals surface area contributed by atoms with Gasteiger partial charge in [0.2, 0.25) is 0 Å². The van der Waals surface area contributed by atoms with Crippen molar-refractivity contribution in [2.24, 2.45) is 0 Å². The van der Waals surface area contributed by atoms with Crippen molar-refractivity contribution in [1.82, 2.24) is 0 Å². The van der Waals surface area contributed by atoms with Crippen molar-refractivity contribution in [2.45, 2.75) is 6.92 Å². The largest absolute Gasteiger partial charge is 0.489 e. The maximum absolute atomic E-state index is 9.53. The maximum Gasteiger partial charge on any atom is 0.489 e. The Morgan fingerprint density at radius 3 is 2.39 bits per heavy atom. The molecule has 3 heteroatoms. The molecule has 0 aromatic heterocycles. The smallest absolute Gasteiger partial charge is 0.423 e. The van der Waals surface area contributed by atoms with E-state index < -0.39 is 7.12 Å². The SMILES string of the molecule is Cc1ccc(B(O)O)c2c1ccc1ccccc12. The average Bonchev–Trinajstić information content (AvgIpc) is 2.38. The van der Waals surface area contributed by atoms with Crippen LogP contribution in [0.5, 0.6) is 0 Å². The minimum Gasteiger partial charge on any atom is -0.423 e. The van der Waals surface area contributed by atoms with Gasteiger partial charge in [0.1, 0.15) is 0 Å². The molecular weight excluding hydrogens is 223 g/mol. The minimum atomic E-state index is -1.45. The third kappa shape index (κ3) is 1.60. The van der Waals surface area contributed by atoms with Crippen LogP contribution in [0, 0.1) is 6.92 Å². The Hall–Kier alpha value is -1.84. The van der Waals surface area contributed by atoms with Gasteiger partial charge in [0.15, 0.2) is 0 Å². The van der Waals surface area contributed by atoms with Crippen LogP contribution in [-0.2, 0) is 0 Å². The highest BCUT2D eigenvalue weighted by atomic mass is 16.4. The fraction of sp³-hybridized carbons (Fsp3) is 0.0667. The first kappa shape index (κ1) is 11.3. The van der Waals surface area contributed by atoms with Gasteiger partial charge in [0.25, 0.3) is 0 Å². The minimum absolute atomic E-state index is 0.562. The number of fused-ring (bicyclic) bond motifs is 3. The standard InChI is InChI=1S/C15H13BO2/c1-10-6-9-14(16(17)18)15-12(10)8-7-11-4-2-3-5-13(11)15/h2-9,17-18H,1H3. The van der Waals surface area contributed by atoms with Crippen molar-refractivity contribution in [1.29, 1.82) is 0 Å². The van der Waals surface area contributed by atoms with E-state index in [9.17, 15) is 10.0 Å². The molecule has 2 N–H and O–H groups in total. The summed E-state index contributed by atoms with van der Waals surface area (Å²) in [4.78, 5) is 0. The van der Waals surface area contributed by atoms with E-state index in [2.05, 4.69) is 6.07 Å². The second-order valence-electron chi connectivity index (χ2n) is 4.55. The molecule has 0 atom stereocenters. The van der Waals surface area contributed by atoms with Crippen LogP contribution in [-0.4, -0.2) is 17.2 Å². The lowest BCUT2D eigenvalue weighted by Crippen LogP contribution is -2.30. The van der Waals surface area contributed by atoms with Crippen molar-refractivity contribution in [2.75, 3.05) is 0 Å².